The molecule has 0 radical (unpaired) electrons. The summed E-state index contributed by atoms with van der Waals surface area (Å²) in [5, 5.41) is 2.76. The number of rotatable bonds is 7. The number of ether oxygens (including phenoxy) is 3. The SMILES string of the molecule is CCOC(=O)C1=C(COc2ccc(F)cc2F)N(C)C(=O)NC1c1ccc(OC)cc1. The van der Waals surface area contributed by atoms with Gasteiger partial charge in [0.05, 0.1) is 31.0 Å². The number of halogens is 2. The van der Waals surface area contributed by atoms with Crippen LogP contribution in [0.1, 0.15) is 18.5 Å². The number of carbonyl (C=O) groups excluding carboxylic acids is 2. The van der Waals surface area contributed by atoms with Crippen molar-refractivity contribution < 1.29 is 32.6 Å². The van der Waals surface area contributed by atoms with E-state index in [1.54, 1.807) is 31.2 Å². The molecule has 0 fully saturated rings. The highest BCUT2D eigenvalue weighted by Gasteiger charge is 2.37. The van der Waals surface area contributed by atoms with Gasteiger partial charge in [-0.15, -0.1) is 0 Å². The van der Waals surface area contributed by atoms with Gasteiger partial charge in [-0.2, -0.15) is 0 Å². The third-order valence-electron chi connectivity index (χ3n) is 4.78. The maximum Gasteiger partial charge on any atom is 0.338 e. The van der Waals surface area contributed by atoms with E-state index in [0.29, 0.717) is 17.4 Å². The Bertz CT molecular complexity index is 1010. The minimum atomic E-state index is -0.895. The summed E-state index contributed by atoms with van der Waals surface area (Å²) >= 11 is 0. The molecule has 1 aliphatic heterocycles. The van der Waals surface area contributed by atoms with Crippen LogP contribution >= 0.6 is 0 Å². The maximum absolute atomic E-state index is 14.0. The third-order valence-corrected chi connectivity index (χ3v) is 4.78. The number of esters is 1. The quantitative estimate of drug-likeness (QED) is 0.677. The van der Waals surface area contributed by atoms with Crippen molar-refractivity contribution in [3.05, 3.63) is 70.9 Å². The van der Waals surface area contributed by atoms with Gasteiger partial charge in [0.2, 0.25) is 0 Å². The number of urea groups is 1. The van der Waals surface area contributed by atoms with Crippen molar-refractivity contribution in [2.75, 3.05) is 27.4 Å². The smallest absolute Gasteiger partial charge is 0.338 e. The first-order valence-electron chi connectivity index (χ1n) is 9.51. The molecule has 31 heavy (non-hydrogen) atoms. The van der Waals surface area contributed by atoms with Gasteiger partial charge in [0.1, 0.15) is 18.2 Å². The van der Waals surface area contributed by atoms with Gasteiger partial charge in [-0.25, -0.2) is 18.4 Å². The predicted molar refractivity (Wildman–Crippen MR) is 108 cm³/mol. The largest absolute Gasteiger partial charge is 0.497 e. The first-order valence-corrected chi connectivity index (χ1v) is 9.51. The monoisotopic (exact) mass is 432 g/mol. The van der Waals surface area contributed by atoms with E-state index in [1.165, 1.54) is 19.1 Å². The van der Waals surface area contributed by atoms with E-state index < -0.39 is 29.7 Å². The number of benzene rings is 2. The van der Waals surface area contributed by atoms with Gasteiger partial charge in [-0.3, -0.25) is 4.90 Å². The Morgan fingerprint density at radius 3 is 2.48 bits per heavy atom. The lowest BCUT2D eigenvalue weighted by atomic mass is 9.94. The normalized spacial score (nSPS) is 16.1. The van der Waals surface area contributed by atoms with Crippen molar-refractivity contribution in [1.29, 1.82) is 0 Å². The van der Waals surface area contributed by atoms with Gasteiger partial charge in [-0.05, 0) is 36.8 Å². The van der Waals surface area contributed by atoms with Crippen LogP contribution in [0.4, 0.5) is 13.6 Å². The van der Waals surface area contributed by atoms with Crippen molar-refractivity contribution in [1.82, 2.24) is 10.2 Å². The maximum atomic E-state index is 14.0. The molecule has 0 saturated carbocycles. The van der Waals surface area contributed by atoms with Crippen molar-refractivity contribution in [2.24, 2.45) is 0 Å². The molecular formula is C22H22F2N2O5. The van der Waals surface area contributed by atoms with Crippen molar-refractivity contribution in [3.8, 4) is 11.5 Å². The second kappa shape index (κ2) is 9.46. The molecule has 7 nitrogen and oxygen atoms in total. The van der Waals surface area contributed by atoms with Crippen molar-refractivity contribution in [3.63, 3.8) is 0 Å². The Morgan fingerprint density at radius 2 is 1.87 bits per heavy atom. The standard InChI is InChI=1S/C22H22F2N2O5/c1-4-30-21(27)19-17(12-31-18-10-7-14(23)11-16(18)24)26(2)22(28)25-20(19)13-5-8-15(29-3)9-6-13/h5-11,20H,4,12H2,1-3H3,(H,25,28). The van der Waals surface area contributed by atoms with Gasteiger partial charge < -0.3 is 19.5 Å². The van der Waals surface area contributed by atoms with Crippen molar-refractivity contribution >= 4 is 12.0 Å². The first-order chi connectivity index (χ1) is 14.8. The van der Waals surface area contributed by atoms with Crippen LogP contribution in [0.25, 0.3) is 0 Å². The molecule has 164 valence electrons. The summed E-state index contributed by atoms with van der Waals surface area (Å²) in [6.45, 7) is 1.47. The van der Waals surface area contributed by atoms with Gasteiger partial charge in [0.15, 0.2) is 11.6 Å². The van der Waals surface area contributed by atoms with Gasteiger partial charge in [-0.1, -0.05) is 12.1 Å². The van der Waals surface area contributed by atoms with Crippen LogP contribution in [0, 0.1) is 11.6 Å². The summed E-state index contributed by atoms with van der Waals surface area (Å²) in [5.74, 6) is -1.89. The summed E-state index contributed by atoms with van der Waals surface area (Å²) in [4.78, 5) is 26.6. The van der Waals surface area contributed by atoms with E-state index >= 15 is 0 Å². The lowest BCUT2D eigenvalue weighted by Gasteiger charge is -2.34. The molecule has 0 saturated heterocycles. The molecule has 0 bridgehead atoms. The highest BCUT2D eigenvalue weighted by Crippen LogP contribution is 2.32. The van der Waals surface area contributed by atoms with Crippen LogP contribution in [0.2, 0.25) is 0 Å². The molecule has 1 unspecified atom stereocenters. The summed E-state index contributed by atoms with van der Waals surface area (Å²) in [6, 6.07) is 8.42. The molecule has 1 aliphatic rings. The number of likely N-dealkylation sites (N-methyl/N-ethyl adjacent to an activating group) is 1. The number of methoxy groups -OCH3 is 1. The minimum absolute atomic E-state index is 0.121. The van der Waals surface area contributed by atoms with Crippen LogP contribution in [0.5, 0.6) is 11.5 Å². The van der Waals surface area contributed by atoms with E-state index in [0.717, 1.165) is 12.1 Å². The second-order valence-electron chi connectivity index (χ2n) is 6.66. The zero-order valence-corrected chi connectivity index (χ0v) is 17.3. The molecule has 2 aromatic rings. The van der Waals surface area contributed by atoms with E-state index in [-0.39, 0.29) is 30.2 Å². The number of hydrogen-bond acceptors (Lipinski definition) is 5. The fourth-order valence-electron chi connectivity index (χ4n) is 3.17. The minimum Gasteiger partial charge on any atom is -0.497 e. The zero-order valence-electron chi connectivity index (χ0n) is 17.3. The molecule has 1 heterocycles. The lowest BCUT2D eigenvalue weighted by Crippen LogP contribution is -2.48. The van der Waals surface area contributed by atoms with Crippen molar-refractivity contribution in [2.45, 2.75) is 13.0 Å². The molecule has 2 aromatic carbocycles. The Balaban J connectivity index is 2.02. The fourth-order valence-corrected chi connectivity index (χ4v) is 3.17. The summed E-state index contributed by atoms with van der Waals surface area (Å²) in [7, 11) is 2.98. The van der Waals surface area contributed by atoms with E-state index in [9.17, 15) is 18.4 Å². The summed E-state index contributed by atoms with van der Waals surface area (Å²) in [5.41, 5.74) is 0.971. The molecule has 0 spiro atoms. The molecular weight excluding hydrogens is 410 g/mol. The van der Waals surface area contributed by atoms with E-state index in [2.05, 4.69) is 5.32 Å². The number of amides is 2. The predicted octanol–water partition coefficient (Wildman–Crippen LogP) is 3.57. The average Bonchev–Trinajstić information content (AvgIpc) is 2.75. The van der Waals surface area contributed by atoms with Gasteiger partial charge in [0, 0.05) is 13.1 Å². The summed E-state index contributed by atoms with van der Waals surface area (Å²) < 4.78 is 43.0. The average molecular weight is 432 g/mol. The number of nitrogens with one attached hydrogen (secondary N) is 1. The zero-order chi connectivity index (χ0) is 22.5. The Hall–Kier alpha value is -3.62. The van der Waals surface area contributed by atoms with Gasteiger partial charge in [0.25, 0.3) is 0 Å². The molecule has 3 rings (SSSR count). The Labute approximate surface area is 178 Å². The lowest BCUT2D eigenvalue weighted by molar-refractivity contribution is -0.139. The molecule has 2 amide bonds. The molecule has 9 heteroatoms. The Kier molecular flexibility index (Phi) is 6.74. The van der Waals surface area contributed by atoms with Crippen LogP contribution < -0.4 is 14.8 Å². The molecule has 1 atom stereocenters. The molecule has 1 N–H and O–H groups in total. The Morgan fingerprint density at radius 1 is 1.16 bits per heavy atom. The van der Waals surface area contributed by atoms with Crippen LogP contribution in [-0.4, -0.2) is 44.3 Å². The second-order valence-corrected chi connectivity index (χ2v) is 6.66. The van der Waals surface area contributed by atoms with Crippen LogP contribution in [0.15, 0.2) is 53.7 Å². The van der Waals surface area contributed by atoms with Crippen LogP contribution in [0.3, 0.4) is 0 Å². The topological polar surface area (TPSA) is 77.1 Å². The van der Waals surface area contributed by atoms with Crippen LogP contribution in [-0.2, 0) is 9.53 Å². The summed E-state index contributed by atoms with van der Waals surface area (Å²) in [6.07, 6.45) is 0. The number of carbonyl (C=O) groups is 2. The molecule has 0 aromatic heterocycles. The fraction of sp³-hybridized carbons (Fsp3) is 0.273. The highest BCUT2D eigenvalue weighted by atomic mass is 19.1. The van der Waals surface area contributed by atoms with E-state index in [1.807, 2.05) is 0 Å². The van der Waals surface area contributed by atoms with Gasteiger partial charge >= 0.3 is 12.0 Å². The number of hydrogen-bond donors (Lipinski definition) is 1. The highest BCUT2D eigenvalue weighted by molar-refractivity contribution is 5.95. The number of nitrogens with zero attached hydrogens (tertiary/aromatic N) is 1. The third kappa shape index (κ3) is 4.76. The first kappa shape index (κ1) is 22.1. The van der Waals surface area contributed by atoms with E-state index in [4.69, 9.17) is 14.2 Å². The molecule has 0 aliphatic carbocycles.